The van der Waals surface area contributed by atoms with Gasteiger partial charge in [-0.3, -0.25) is 4.79 Å². The summed E-state index contributed by atoms with van der Waals surface area (Å²) in [5.41, 5.74) is -0.228. The van der Waals surface area contributed by atoms with Gasteiger partial charge in [0, 0.05) is 0 Å². The first-order valence-electron chi connectivity index (χ1n) is 5.84. The molecule has 0 aromatic heterocycles. The van der Waals surface area contributed by atoms with Gasteiger partial charge in [-0.15, -0.1) is 0 Å². The van der Waals surface area contributed by atoms with E-state index in [9.17, 15) is 4.79 Å². The Morgan fingerprint density at radius 1 is 1.07 bits per heavy atom. The molecule has 0 saturated carbocycles. The van der Waals surface area contributed by atoms with Crippen molar-refractivity contribution in [3.8, 4) is 0 Å². The summed E-state index contributed by atoms with van der Waals surface area (Å²) in [5.74, 6) is -0.00144. The van der Waals surface area contributed by atoms with Gasteiger partial charge in [-0.25, -0.2) is 0 Å². The van der Waals surface area contributed by atoms with Crippen molar-refractivity contribution in [1.29, 1.82) is 0 Å². The average Bonchev–Trinajstić information content (AvgIpc) is 2.22. The van der Waals surface area contributed by atoms with Crippen LogP contribution < -0.4 is 6.15 Å². The van der Waals surface area contributed by atoms with Gasteiger partial charge in [0.15, 0.2) is 0 Å². The molecule has 3 nitrogen and oxygen atoms in total. The first kappa shape index (κ1) is 16.8. The standard InChI is InChI=1S/C12H24O2.H3N/c1-5-9-10-14-11(13)12(6-2,7-3)8-4;/h5-10H2,1-4H3;1H3. The highest BCUT2D eigenvalue weighted by molar-refractivity contribution is 5.76. The van der Waals surface area contributed by atoms with Crippen molar-refractivity contribution in [2.24, 2.45) is 5.41 Å². The van der Waals surface area contributed by atoms with Gasteiger partial charge in [0.25, 0.3) is 0 Å². The van der Waals surface area contributed by atoms with Gasteiger partial charge in [-0.2, -0.15) is 0 Å². The molecule has 0 aromatic rings. The topological polar surface area (TPSA) is 61.3 Å². The number of hydrogen-bond donors (Lipinski definition) is 1. The van der Waals surface area contributed by atoms with Crippen LogP contribution in [0.3, 0.4) is 0 Å². The smallest absolute Gasteiger partial charge is 0.312 e. The zero-order valence-corrected chi connectivity index (χ0v) is 10.8. The summed E-state index contributed by atoms with van der Waals surface area (Å²) in [7, 11) is 0. The van der Waals surface area contributed by atoms with Crippen LogP contribution in [0.1, 0.15) is 59.8 Å². The molecule has 0 saturated heterocycles. The number of esters is 1. The van der Waals surface area contributed by atoms with Gasteiger partial charge in [0.1, 0.15) is 0 Å². The highest BCUT2D eigenvalue weighted by Gasteiger charge is 2.34. The molecule has 0 aliphatic heterocycles. The first-order chi connectivity index (χ1) is 6.66. The van der Waals surface area contributed by atoms with E-state index in [0.29, 0.717) is 6.61 Å². The van der Waals surface area contributed by atoms with Crippen LogP contribution in [-0.2, 0) is 9.53 Å². The van der Waals surface area contributed by atoms with E-state index in [4.69, 9.17) is 4.74 Å². The van der Waals surface area contributed by atoms with Gasteiger partial charge >= 0.3 is 5.97 Å². The molecule has 0 bridgehead atoms. The van der Waals surface area contributed by atoms with Gasteiger partial charge in [-0.05, 0) is 25.7 Å². The maximum atomic E-state index is 11.8. The van der Waals surface area contributed by atoms with Crippen molar-refractivity contribution in [3.05, 3.63) is 0 Å². The first-order valence-corrected chi connectivity index (χ1v) is 5.84. The Labute approximate surface area is 94.2 Å². The second kappa shape index (κ2) is 8.72. The van der Waals surface area contributed by atoms with E-state index in [1.807, 2.05) is 0 Å². The highest BCUT2D eigenvalue weighted by atomic mass is 16.5. The molecule has 0 atom stereocenters. The predicted molar refractivity (Wildman–Crippen MR) is 64.2 cm³/mol. The van der Waals surface area contributed by atoms with E-state index in [-0.39, 0.29) is 17.5 Å². The van der Waals surface area contributed by atoms with E-state index < -0.39 is 0 Å². The molecule has 0 aliphatic carbocycles. The van der Waals surface area contributed by atoms with Gasteiger partial charge in [-0.1, -0.05) is 34.1 Å². The molecule has 0 radical (unpaired) electrons. The Morgan fingerprint density at radius 3 is 1.87 bits per heavy atom. The van der Waals surface area contributed by atoms with Crippen molar-refractivity contribution >= 4 is 5.97 Å². The monoisotopic (exact) mass is 217 g/mol. The van der Waals surface area contributed by atoms with Gasteiger partial charge in [0.2, 0.25) is 0 Å². The molecule has 0 fully saturated rings. The minimum Gasteiger partial charge on any atom is -0.465 e. The van der Waals surface area contributed by atoms with Crippen molar-refractivity contribution in [1.82, 2.24) is 6.15 Å². The third kappa shape index (κ3) is 4.65. The van der Waals surface area contributed by atoms with Crippen molar-refractivity contribution in [3.63, 3.8) is 0 Å². The molecule has 0 aliphatic rings. The van der Waals surface area contributed by atoms with E-state index >= 15 is 0 Å². The Hall–Kier alpha value is -0.570. The normalized spacial score (nSPS) is 10.7. The zero-order chi connectivity index (χ0) is 11.0. The number of unbranched alkanes of at least 4 members (excludes halogenated alkanes) is 1. The number of carbonyl (C=O) groups excluding carboxylic acids is 1. The molecule has 0 rings (SSSR count). The quantitative estimate of drug-likeness (QED) is 0.522. The Bertz CT molecular complexity index is 157. The van der Waals surface area contributed by atoms with Crippen LogP contribution in [0.15, 0.2) is 0 Å². The SMILES string of the molecule is CCCCOC(=O)C(CC)(CC)CC.N. The molecule has 0 amide bonds. The summed E-state index contributed by atoms with van der Waals surface area (Å²) in [4.78, 5) is 11.8. The van der Waals surface area contributed by atoms with Gasteiger partial charge in [0.05, 0.1) is 12.0 Å². The van der Waals surface area contributed by atoms with Crippen molar-refractivity contribution in [2.75, 3.05) is 6.61 Å². The van der Waals surface area contributed by atoms with Crippen LogP contribution in [0.4, 0.5) is 0 Å². The largest absolute Gasteiger partial charge is 0.465 e. The minimum atomic E-state index is -0.228. The third-order valence-electron chi connectivity index (χ3n) is 3.19. The molecule has 3 heteroatoms. The summed E-state index contributed by atoms with van der Waals surface area (Å²) in [6, 6.07) is 0. The summed E-state index contributed by atoms with van der Waals surface area (Å²) < 4.78 is 5.28. The maximum absolute atomic E-state index is 11.8. The Balaban J connectivity index is 0. The fourth-order valence-corrected chi connectivity index (χ4v) is 1.65. The molecular formula is C12H27NO2. The fraction of sp³-hybridized carbons (Fsp3) is 0.917. The molecule has 15 heavy (non-hydrogen) atoms. The molecule has 0 aromatic carbocycles. The summed E-state index contributed by atoms with van der Waals surface area (Å²) in [6.45, 7) is 8.87. The zero-order valence-electron chi connectivity index (χ0n) is 10.8. The number of ether oxygens (including phenoxy) is 1. The average molecular weight is 217 g/mol. The van der Waals surface area contributed by atoms with E-state index in [1.165, 1.54) is 0 Å². The lowest BCUT2D eigenvalue weighted by Crippen LogP contribution is -2.31. The minimum absolute atomic E-state index is 0. The molecule has 92 valence electrons. The Morgan fingerprint density at radius 2 is 1.53 bits per heavy atom. The van der Waals surface area contributed by atoms with E-state index in [1.54, 1.807) is 0 Å². The van der Waals surface area contributed by atoms with Crippen LogP contribution in [-0.4, -0.2) is 12.6 Å². The third-order valence-corrected chi connectivity index (χ3v) is 3.19. The van der Waals surface area contributed by atoms with Crippen LogP contribution in [0.25, 0.3) is 0 Å². The molecule has 0 spiro atoms. The number of rotatable bonds is 7. The van der Waals surface area contributed by atoms with Crippen molar-refractivity contribution in [2.45, 2.75) is 59.8 Å². The molecule has 0 heterocycles. The fourth-order valence-electron chi connectivity index (χ4n) is 1.65. The highest BCUT2D eigenvalue weighted by Crippen LogP contribution is 2.31. The summed E-state index contributed by atoms with van der Waals surface area (Å²) >= 11 is 0. The lowest BCUT2D eigenvalue weighted by Gasteiger charge is -2.27. The second-order valence-corrected chi connectivity index (χ2v) is 3.83. The van der Waals surface area contributed by atoms with E-state index in [2.05, 4.69) is 27.7 Å². The molecular weight excluding hydrogens is 190 g/mol. The lowest BCUT2D eigenvalue weighted by atomic mass is 9.80. The maximum Gasteiger partial charge on any atom is 0.312 e. The van der Waals surface area contributed by atoms with Crippen LogP contribution in [0.2, 0.25) is 0 Å². The number of carbonyl (C=O) groups is 1. The second-order valence-electron chi connectivity index (χ2n) is 3.83. The molecule has 3 N–H and O–H groups in total. The van der Waals surface area contributed by atoms with Gasteiger partial charge < -0.3 is 10.9 Å². The van der Waals surface area contributed by atoms with E-state index in [0.717, 1.165) is 32.1 Å². The van der Waals surface area contributed by atoms with Crippen molar-refractivity contribution < 1.29 is 9.53 Å². The van der Waals surface area contributed by atoms with Crippen LogP contribution in [0, 0.1) is 5.41 Å². The number of hydrogen-bond acceptors (Lipinski definition) is 3. The van der Waals surface area contributed by atoms with Crippen LogP contribution >= 0.6 is 0 Å². The summed E-state index contributed by atoms with van der Waals surface area (Å²) in [6.07, 6.45) is 4.69. The Kier molecular flexibility index (Phi) is 9.79. The summed E-state index contributed by atoms with van der Waals surface area (Å²) in [5, 5.41) is 0. The van der Waals surface area contributed by atoms with Crippen LogP contribution in [0.5, 0.6) is 0 Å². The predicted octanol–water partition coefficient (Wildman–Crippen LogP) is 3.71. The lowest BCUT2D eigenvalue weighted by molar-refractivity contribution is -0.157. The molecule has 0 unspecified atom stereocenters.